The summed E-state index contributed by atoms with van der Waals surface area (Å²) in [6, 6.07) is 0. The van der Waals surface area contributed by atoms with E-state index in [9.17, 15) is 4.79 Å². The number of aromatic nitrogens is 4. The highest BCUT2D eigenvalue weighted by Crippen LogP contribution is 2.21. The van der Waals surface area contributed by atoms with Gasteiger partial charge in [-0.2, -0.15) is 10.2 Å². The third kappa shape index (κ3) is 2.20. The van der Waals surface area contributed by atoms with Crippen molar-refractivity contribution in [3.63, 3.8) is 0 Å². The minimum absolute atomic E-state index is 0.134. The molecule has 0 aliphatic heterocycles. The molecule has 0 bridgehead atoms. The molecule has 0 aliphatic carbocycles. The van der Waals surface area contributed by atoms with Crippen LogP contribution in [0.4, 0.5) is 0 Å². The lowest BCUT2D eigenvalue weighted by atomic mass is 10.1. The molecule has 0 unspecified atom stereocenters. The number of Topliss-reactive ketones (excluding diaryl/α,β-unsaturated/α-hetero) is 1. The van der Waals surface area contributed by atoms with Crippen molar-refractivity contribution in [3.05, 3.63) is 28.2 Å². The van der Waals surface area contributed by atoms with Gasteiger partial charge in [0, 0.05) is 24.7 Å². The first-order valence-electron chi connectivity index (χ1n) is 6.38. The van der Waals surface area contributed by atoms with Gasteiger partial charge in [0.15, 0.2) is 5.82 Å². The van der Waals surface area contributed by atoms with Gasteiger partial charge in [0.05, 0.1) is 11.4 Å². The summed E-state index contributed by atoms with van der Waals surface area (Å²) in [6.45, 7) is 9.62. The van der Waals surface area contributed by atoms with E-state index >= 15 is 0 Å². The molecule has 0 atom stereocenters. The van der Waals surface area contributed by atoms with Crippen molar-refractivity contribution >= 4 is 5.78 Å². The molecular weight excluding hydrogens is 240 g/mol. The first kappa shape index (κ1) is 13.5. The summed E-state index contributed by atoms with van der Waals surface area (Å²) in [5.74, 6) is 0.946. The van der Waals surface area contributed by atoms with Crippen molar-refractivity contribution in [1.82, 2.24) is 19.6 Å². The lowest BCUT2D eigenvalue weighted by Crippen LogP contribution is -2.09. The van der Waals surface area contributed by atoms with Gasteiger partial charge in [-0.25, -0.2) is 4.68 Å². The molecule has 2 aromatic rings. The lowest BCUT2D eigenvalue weighted by Gasteiger charge is -2.05. The predicted molar refractivity (Wildman–Crippen MR) is 73.7 cm³/mol. The molecule has 102 valence electrons. The summed E-state index contributed by atoms with van der Waals surface area (Å²) < 4.78 is 3.66. The van der Waals surface area contributed by atoms with Crippen LogP contribution in [0.5, 0.6) is 0 Å². The molecule has 5 heteroatoms. The van der Waals surface area contributed by atoms with Crippen LogP contribution in [0.1, 0.15) is 35.1 Å². The van der Waals surface area contributed by atoms with Gasteiger partial charge in [-0.3, -0.25) is 9.48 Å². The van der Waals surface area contributed by atoms with Crippen molar-refractivity contribution in [3.8, 4) is 5.82 Å². The summed E-state index contributed by atoms with van der Waals surface area (Å²) in [5.41, 5.74) is 5.15. The normalized spacial score (nSPS) is 11.1. The van der Waals surface area contributed by atoms with E-state index < -0.39 is 0 Å². The highest BCUT2D eigenvalue weighted by Gasteiger charge is 2.19. The quantitative estimate of drug-likeness (QED) is 0.847. The van der Waals surface area contributed by atoms with Crippen LogP contribution in [0.2, 0.25) is 0 Å². The Labute approximate surface area is 113 Å². The van der Waals surface area contributed by atoms with E-state index in [0.29, 0.717) is 6.42 Å². The fourth-order valence-electron chi connectivity index (χ4n) is 2.17. The van der Waals surface area contributed by atoms with E-state index in [2.05, 4.69) is 10.2 Å². The van der Waals surface area contributed by atoms with Gasteiger partial charge in [-0.1, -0.05) is 0 Å². The van der Waals surface area contributed by atoms with Crippen LogP contribution in [0.15, 0.2) is 0 Å². The largest absolute Gasteiger partial charge is 0.300 e. The van der Waals surface area contributed by atoms with E-state index in [4.69, 9.17) is 0 Å². The highest BCUT2D eigenvalue weighted by atomic mass is 16.1. The third-order valence-corrected chi connectivity index (χ3v) is 3.71. The van der Waals surface area contributed by atoms with Crippen molar-refractivity contribution < 1.29 is 4.79 Å². The average molecular weight is 260 g/mol. The minimum atomic E-state index is 0.134. The van der Waals surface area contributed by atoms with Crippen LogP contribution in [0, 0.1) is 27.7 Å². The zero-order valence-corrected chi connectivity index (χ0v) is 12.4. The van der Waals surface area contributed by atoms with E-state index in [1.54, 1.807) is 6.92 Å². The number of carbonyl (C=O) groups excluding carboxylic acids is 1. The molecule has 0 aliphatic rings. The summed E-state index contributed by atoms with van der Waals surface area (Å²) in [7, 11) is 1.92. The van der Waals surface area contributed by atoms with Crippen LogP contribution in [0.3, 0.4) is 0 Å². The zero-order chi connectivity index (χ0) is 14.3. The molecule has 5 nitrogen and oxygen atoms in total. The lowest BCUT2D eigenvalue weighted by molar-refractivity contribution is -0.116. The molecule has 19 heavy (non-hydrogen) atoms. The fraction of sp³-hybridized carbons (Fsp3) is 0.500. The second-order valence-corrected chi connectivity index (χ2v) is 5.11. The first-order valence-corrected chi connectivity index (χ1v) is 6.38. The van der Waals surface area contributed by atoms with Crippen LogP contribution >= 0.6 is 0 Å². The van der Waals surface area contributed by atoms with E-state index in [1.165, 1.54) is 0 Å². The van der Waals surface area contributed by atoms with Gasteiger partial charge in [0.25, 0.3) is 0 Å². The van der Waals surface area contributed by atoms with Crippen molar-refractivity contribution in [2.75, 3.05) is 0 Å². The Morgan fingerprint density at radius 3 is 2.21 bits per heavy atom. The van der Waals surface area contributed by atoms with E-state index in [0.717, 1.165) is 34.0 Å². The number of carbonyl (C=O) groups is 1. The van der Waals surface area contributed by atoms with Crippen LogP contribution in [-0.2, 0) is 18.3 Å². The standard InChI is InChI=1S/C14H20N4O/c1-8(19)7-13-9(2)11(4)15-18(13)14-10(3)12(5)17(6)16-14/h7H2,1-6H3. The number of nitrogens with zero attached hydrogens (tertiary/aromatic N) is 4. The van der Waals surface area contributed by atoms with E-state index in [-0.39, 0.29) is 5.78 Å². The molecule has 0 saturated carbocycles. The second-order valence-electron chi connectivity index (χ2n) is 5.11. The molecule has 2 aromatic heterocycles. The molecule has 0 radical (unpaired) electrons. The maximum atomic E-state index is 11.4. The Kier molecular flexibility index (Phi) is 3.30. The van der Waals surface area contributed by atoms with Crippen molar-refractivity contribution in [1.29, 1.82) is 0 Å². The average Bonchev–Trinajstić information content (AvgIpc) is 2.74. The predicted octanol–water partition coefficient (Wildman–Crippen LogP) is 1.97. The Hall–Kier alpha value is -1.91. The Morgan fingerprint density at radius 1 is 1.11 bits per heavy atom. The number of hydrogen-bond acceptors (Lipinski definition) is 3. The molecule has 0 saturated heterocycles. The first-order chi connectivity index (χ1) is 8.82. The summed E-state index contributed by atoms with van der Waals surface area (Å²) in [4.78, 5) is 11.4. The van der Waals surface area contributed by atoms with Crippen molar-refractivity contribution in [2.45, 2.75) is 41.0 Å². The molecule has 0 aromatic carbocycles. The summed E-state index contributed by atoms with van der Waals surface area (Å²) >= 11 is 0. The molecule has 2 rings (SSSR count). The van der Waals surface area contributed by atoms with Gasteiger partial charge in [0.1, 0.15) is 5.78 Å². The third-order valence-electron chi connectivity index (χ3n) is 3.71. The Morgan fingerprint density at radius 2 is 1.74 bits per heavy atom. The maximum absolute atomic E-state index is 11.4. The second kappa shape index (κ2) is 4.64. The zero-order valence-electron chi connectivity index (χ0n) is 12.4. The topological polar surface area (TPSA) is 52.7 Å². The van der Waals surface area contributed by atoms with Gasteiger partial charge >= 0.3 is 0 Å². The van der Waals surface area contributed by atoms with Crippen molar-refractivity contribution in [2.24, 2.45) is 7.05 Å². The molecule has 0 N–H and O–H groups in total. The van der Waals surface area contributed by atoms with Crippen LogP contribution in [0.25, 0.3) is 5.82 Å². The molecule has 0 amide bonds. The monoisotopic (exact) mass is 260 g/mol. The highest BCUT2D eigenvalue weighted by molar-refractivity contribution is 5.78. The Bertz CT molecular complexity index is 649. The van der Waals surface area contributed by atoms with Crippen LogP contribution < -0.4 is 0 Å². The molecule has 2 heterocycles. The molecule has 0 fully saturated rings. The van der Waals surface area contributed by atoms with Gasteiger partial charge < -0.3 is 0 Å². The van der Waals surface area contributed by atoms with Gasteiger partial charge in [-0.05, 0) is 40.2 Å². The van der Waals surface area contributed by atoms with Gasteiger partial charge in [0.2, 0.25) is 0 Å². The Balaban J connectivity index is 2.64. The molecular formula is C14H20N4O. The smallest absolute Gasteiger partial charge is 0.178 e. The SMILES string of the molecule is CC(=O)Cc1c(C)c(C)nn1-c1nn(C)c(C)c1C. The summed E-state index contributed by atoms with van der Waals surface area (Å²) in [5, 5.41) is 9.05. The molecule has 0 spiro atoms. The number of ketones is 1. The number of aryl methyl sites for hydroxylation is 2. The van der Waals surface area contributed by atoms with E-state index in [1.807, 2.05) is 44.1 Å². The summed E-state index contributed by atoms with van der Waals surface area (Å²) in [6.07, 6.45) is 0.391. The maximum Gasteiger partial charge on any atom is 0.178 e. The number of rotatable bonds is 3. The van der Waals surface area contributed by atoms with Gasteiger partial charge in [-0.15, -0.1) is 0 Å². The number of hydrogen-bond donors (Lipinski definition) is 0. The van der Waals surface area contributed by atoms with Crippen LogP contribution in [-0.4, -0.2) is 25.3 Å². The minimum Gasteiger partial charge on any atom is -0.300 e. The fourth-order valence-corrected chi connectivity index (χ4v) is 2.17.